The molecule has 1 aromatic heterocycles. The molecule has 2 N–H and O–H groups in total. The molecule has 0 bridgehead atoms. The Bertz CT molecular complexity index is 1030. The summed E-state index contributed by atoms with van der Waals surface area (Å²) >= 11 is 6.09. The van der Waals surface area contributed by atoms with Gasteiger partial charge < -0.3 is 15.4 Å². The van der Waals surface area contributed by atoms with Crippen molar-refractivity contribution in [1.29, 1.82) is 0 Å². The smallest absolute Gasteiger partial charge is 0.315 e. The number of aromatic nitrogens is 1. The second-order valence-electron chi connectivity index (χ2n) is 6.67. The highest BCUT2D eigenvalue weighted by Crippen LogP contribution is 2.36. The van der Waals surface area contributed by atoms with Crippen LogP contribution in [0.4, 0.5) is 9.18 Å². The molecule has 0 atom stereocenters. The van der Waals surface area contributed by atoms with Gasteiger partial charge in [0, 0.05) is 24.2 Å². The number of urea groups is 1. The lowest BCUT2D eigenvalue weighted by atomic mass is 9.97. The normalized spacial score (nSPS) is 10.5. The van der Waals surface area contributed by atoms with Gasteiger partial charge in [-0.25, -0.2) is 9.18 Å². The Morgan fingerprint density at radius 1 is 1.17 bits per heavy atom. The molecular formula is C23H23ClFN3O2. The molecule has 1 heterocycles. The molecule has 3 aromatic rings. The molecule has 156 valence electrons. The largest absolute Gasteiger partial charge is 0.496 e. The van der Waals surface area contributed by atoms with Gasteiger partial charge in [0.25, 0.3) is 0 Å². The van der Waals surface area contributed by atoms with Crippen LogP contribution < -0.4 is 15.4 Å². The van der Waals surface area contributed by atoms with Crippen LogP contribution >= 0.6 is 11.6 Å². The zero-order chi connectivity index (χ0) is 21.5. The molecule has 2 amide bonds. The average Bonchev–Trinajstić information content (AvgIpc) is 2.74. The molecule has 0 saturated heterocycles. The van der Waals surface area contributed by atoms with E-state index in [2.05, 4.69) is 15.6 Å². The van der Waals surface area contributed by atoms with E-state index in [9.17, 15) is 4.79 Å². The van der Waals surface area contributed by atoms with E-state index in [-0.39, 0.29) is 11.8 Å². The van der Waals surface area contributed by atoms with Gasteiger partial charge in [-0.1, -0.05) is 35.9 Å². The molecule has 5 nitrogen and oxygen atoms in total. The van der Waals surface area contributed by atoms with Gasteiger partial charge in [0.2, 0.25) is 0 Å². The first-order chi connectivity index (χ1) is 14.5. The van der Waals surface area contributed by atoms with E-state index in [1.165, 1.54) is 7.11 Å². The Morgan fingerprint density at radius 2 is 2.00 bits per heavy atom. The third kappa shape index (κ3) is 5.27. The standard InChI is InChI=1S/C23H23ClFN3O2/c1-3-26-23(29)28-14-19-9-7-15(13-27-19)11-17-8-10-20(30-2)21(22(17)25)16-5-4-6-18(24)12-16/h4-10,12-13H,3,11,14H2,1-2H3,(H2,26,28,29). The van der Waals surface area contributed by atoms with Gasteiger partial charge in [-0.2, -0.15) is 0 Å². The predicted molar refractivity (Wildman–Crippen MR) is 116 cm³/mol. The maximum absolute atomic E-state index is 15.4. The van der Waals surface area contributed by atoms with Crippen molar-refractivity contribution in [3.8, 4) is 16.9 Å². The van der Waals surface area contributed by atoms with Gasteiger partial charge in [0.05, 0.1) is 24.9 Å². The van der Waals surface area contributed by atoms with Crippen LogP contribution in [0.3, 0.4) is 0 Å². The number of amides is 2. The lowest BCUT2D eigenvalue weighted by molar-refractivity contribution is 0.241. The Morgan fingerprint density at radius 3 is 2.67 bits per heavy atom. The van der Waals surface area contributed by atoms with Gasteiger partial charge >= 0.3 is 6.03 Å². The van der Waals surface area contributed by atoms with Crippen LogP contribution in [-0.2, 0) is 13.0 Å². The van der Waals surface area contributed by atoms with Crippen LogP contribution in [0.25, 0.3) is 11.1 Å². The summed E-state index contributed by atoms with van der Waals surface area (Å²) in [6.45, 7) is 2.73. The minimum atomic E-state index is -0.349. The van der Waals surface area contributed by atoms with Gasteiger partial charge in [0.1, 0.15) is 11.6 Å². The fourth-order valence-electron chi connectivity index (χ4n) is 3.10. The van der Waals surface area contributed by atoms with Crippen LogP contribution in [0, 0.1) is 5.82 Å². The summed E-state index contributed by atoms with van der Waals surface area (Å²) in [6.07, 6.45) is 2.07. The van der Waals surface area contributed by atoms with Crippen LogP contribution in [-0.4, -0.2) is 24.7 Å². The number of ether oxygens (including phenoxy) is 1. The van der Waals surface area contributed by atoms with Crippen molar-refractivity contribution in [3.05, 3.63) is 82.4 Å². The first kappa shape index (κ1) is 21.6. The van der Waals surface area contributed by atoms with Crippen molar-refractivity contribution in [2.45, 2.75) is 19.9 Å². The van der Waals surface area contributed by atoms with E-state index in [1.807, 2.05) is 19.1 Å². The number of nitrogens with zero attached hydrogens (tertiary/aromatic N) is 1. The van der Waals surface area contributed by atoms with E-state index >= 15 is 4.39 Å². The Hall–Kier alpha value is -3.12. The topological polar surface area (TPSA) is 63.2 Å². The number of rotatable bonds is 7. The van der Waals surface area contributed by atoms with Gasteiger partial charge in [-0.05, 0) is 47.9 Å². The number of halogens is 2. The third-order valence-corrected chi connectivity index (χ3v) is 4.80. The van der Waals surface area contributed by atoms with Crippen molar-refractivity contribution < 1.29 is 13.9 Å². The summed E-state index contributed by atoms with van der Waals surface area (Å²) in [7, 11) is 1.51. The van der Waals surface area contributed by atoms with E-state index in [0.717, 1.165) is 11.3 Å². The second kappa shape index (κ2) is 10.1. The minimum Gasteiger partial charge on any atom is -0.496 e. The quantitative estimate of drug-likeness (QED) is 0.560. The first-order valence-electron chi connectivity index (χ1n) is 9.58. The summed E-state index contributed by atoms with van der Waals surface area (Å²) in [4.78, 5) is 15.8. The van der Waals surface area contributed by atoms with Crippen LogP contribution in [0.15, 0.2) is 54.7 Å². The number of benzene rings is 2. The monoisotopic (exact) mass is 427 g/mol. The average molecular weight is 428 g/mol. The fraction of sp³-hybridized carbons (Fsp3) is 0.217. The van der Waals surface area contributed by atoms with Gasteiger partial charge in [0.15, 0.2) is 0 Å². The van der Waals surface area contributed by atoms with Crippen LogP contribution in [0.2, 0.25) is 5.02 Å². The first-order valence-corrected chi connectivity index (χ1v) is 9.96. The van der Waals surface area contributed by atoms with Crippen LogP contribution in [0.1, 0.15) is 23.7 Å². The highest BCUT2D eigenvalue weighted by Gasteiger charge is 2.17. The van der Waals surface area contributed by atoms with Crippen molar-refractivity contribution in [2.24, 2.45) is 0 Å². The summed E-state index contributed by atoms with van der Waals surface area (Å²) < 4.78 is 20.8. The highest BCUT2D eigenvalue weighted by molar-refractivity contribution is 6.30. The number of carbonyl (C=O) groups is 1. The molecule has 3 rings (SSSR count). The number of nitrogens with one attached hydrogen (secondary N) is 2. The molecule has 0 fully saturated rings. The number of hydrogen-bond acceptors (Lipinski definition) is 3. The maximum Gasteiger partial charge on any atom is 0.315 e. The molecule has 7 heteroatoms. The number of pyridine rings is 1. The maximum atomic E-state index is 15.4. The predicted octanol–water partition coefficient (Wildman–Crippen LogP) is 4.96. The summed E-state index contributed by atoms with van der Waals surface area (Å²) in [5.74, 6) is 0.0991. The zero-order valence-corrected chi connectivity index (χ0v) is 17.6. The van der Waals surface area contributed by atoms with Crippen LogP contribution in [0.5, 0.6) is 5.75 Å². The van der Waals surface area contributed by atoms with Gasteiger partial charge in [-0.3, -0.25) is 4.98 Å². The molecule has 0 aliphatic carbocycles. The SMILES string of the molecule is CCNC(=O)NCc1ccc(Cc2ccc(OC)c(-c3cccc(Cl)c3)c2F)cn1. The Kier molecular flexibility index (Phi) is 7.25. The molecular weight excluding hydrogens is 405 g/mol. The molecule has 0 spiro atoms. The lowest BCUT2D eigenvalue weighted by Crippen LogP contribution is -2.34. The minimum absolute atomic E-state index is 0.239. The Labute approximate surface area is 180 Å². The second-order valence-corrected chi connectivity index (χ2v) is 7.11. The highest BCUT2D eigenvalue weighted by atomic mass is 35.5. The summed E-state index contributed by atoms with van der Waals surface area (Å²) in [5, 5.41) is 5.91. The lowest BCUT2D eigenvalue weighted by Gasteiger charge is -2.14. The van der Waals surface area contributed by atoms with E-state index < -0.39 is 0 Å². The van der Waals surface area contributed by atoms with Gasteiger partial charge in [-0.15, -0.1) is 0 Å². The number of hydrogen-bond donors (Lipinski definition) is 2. The molecule has 0 unspecified atom stereocenters. The number of carbonyl (C=O) groups excluding carboxylic acids is 1. The summed E-state index contributed by atoms with van der Waals surface area (Å²) in [5.41, 5.74) is 3.15. The third-order valence-electron chi connectivity index (χ3n) is 4.56. The van der Waals surface area contributed by atoms with Crippen molar-refractivity contribution >= 4 is 17.6 Å². The molecule has 30 heavy (non-hydrogen) atoms. The van der Waals surface area contributed by atoms with E-state index in [4.69, 9.17) is 16.3 Å². The zero-order valence-electron chi connectivity index (χ0n) is 16.8. The molecule has 0 radical (unpaired) electrons. The fourth-order valence-corrected chi connectivity index (χ4v) is 3.29. The molecule has 0 saturated carbocycles. The van der Waals surface area contributed by atoms with Crippen molar-refractivity contribution in [3.63, 3.8) is 0 Å². The molecule has 2 aromatic carbocycles. The Balaban J connectivity index is 1.80. The number of methoxy groups -OCH3 is 1. The van der Waals surface area contributed by atoms with Crippen molar-refractivity contribution in [1.82, 2.24) is 15.6 Å². The van der Waals surface area contributed by atoms with E-state index in [0.29, 0.717) is 47.0 Å². The van der Waals surface area contributed by atoms with E-state index in [1.54, 1.807) is 42.6 Å². The summed E-state index contributed by atoms with van der Waals surface area (Å²) in [6, 6.07) is 14.0. The molecule has 0 aliphatic rings. The van der Waals surface area contributed by atoms with Crippen molar-refractivity contribution in [2.75, 3.05) is 13.7 Å². The molecule has 0 aliphatic heterocycles.